The SMILES string of the molecule is Cc1nc2cc3ocnc3cc2[nH]1. The molecule has 2 heterocycles. The van der Waals surface area contributed by atoms with Gasteiger partial charge in [-0.15, -0.1) is 0 Å². The molecule has 3 rings (SSSR count). The van der Waals surface area contributed by atoms with E-state index in [-0.39, 0.29) is 0 Å². The van der Waals surface area contributed by atoms with E-state index in [0.29, 0.717) is 0 Å². The summed E-state index contributed by atoms with van der Waals surface area (Å²) in [5.41, 5.74) is 3.55. The number of aromatic amines is 1. The van der Waals surface area contributed by atoms with E-state index in [2.05, 4.69) is 15.0 Å². The molecule has 3 aromatic rings. The molecule has 0 bridgehead atoms. The van der Waals surface area contributed by atoms with E-state index < -0.39 is 0 Å². The molecule has 0 amide bonds. The van der Waals surface area contributed by atoms with E-state index in [0.717, 1.165) is 28.0 Å². The summed E-state index contributed by atoms with van der Waals surface area (Å²) in [6.07, 6.45) is 1.44. The molecule has 0 aliphatic rings. The van der Waals surface area contributed by atoms with Crippen LogP contribution < -0.4 is 0 Å². The molecule has 0 radical (unpaired) electrons. The molecule has 0 spiro atoms. The topological polar surface area (TPSA) is 54.7 Å². The van der Waals surface area contributed by atoms with Crippen molar-refractivity contribution >= 4 is 22.1 Å². The first kappa shape index (κ1) is 6.65. The normalized spacial score (nSPS) is 11.5. The van der Waals surface area contributed by atoms with Gasteiger partial charge in [0, 0.05) is 6.07 Å². The van der Waals surface area contributed by atoms with Gasteiger partial charge in [0.05, 0.1) is 11.0 Å². The largest absolute Gasteiger partial charge is 0.443 e. The number of nitrogens with zero attached hydrogens (tertiary/aromatic N) is 2. The summed E-state index contributed by atoms with van der Waals surface area (Å²) in [4.78, 5) is 11.5. The van der Waals surface area contributed by atoms with Crippen LogP contribution >= 0.6 is 0 Å². The third kappa shape index (κ3) is 0.853. The molecule has 4 nitrogen and oxygen atoms in total. The maximum Gasteiger partial charge on any atom is 0.181 e. The average Bonchev–Trinajstić information content (AvgIpc) is 2.63. The van der Waals surface area contributed by atoms with Gasteiger partial charge in [-0.3, -0.25) is 0 Å². The lowest BCUT2D eigenvalue weighted by atomic mass is 10.3. The summed E-state index contributed by atoms with van der Waals surface area (Å²) in [5.74, 6) is 0.905. The van der Waals surface area contributed by atoms with Crippen molar-refractivity contribution in [3.8, 4) is 0 Å². The number of aromatic nitrogens is 3. The summed E-state index contributed by atoms with van der Waals surface area (Å²) in [7, 11) is 0. The Hall–Kier alpha value is -1.84. The molecular formula is C9H7N3O. The minimum Gasteiger partial charge on any atom is -0.443 e. The Balaban J connectivity index is 2.54. The lowest BCUT2D eigenvalue weighted by Crippen LogP contribution is -1.70. The van der Waals surface area contributed by atoms with Crippen LogP contribution in [0.15, 0.2) is 22.9 Å². The molecule has 0 unspecified atom stereocenters. The van der Waals surface area contributed by atoms with Gasteiger partial charge in [0.2, 0.25) is 0 Å². The van der Waals surface area contributed by atoms with Gasteiger partial charge in [-0.25, -0.2) is 9.97 Å². The Morgan fingerprint density at radius 2 is 2.23 bits per heavy atom. The first-order valence-corrected chi connectivity index (χ1v) is 4.02. The second-order valence-corrected chi connectivity index (χ2v) is 3.01. The highest BCUT2D eigenvalue weighted by molar-refractivity contribution is 5.89. The lowest BCUT2D eigenvalue weighted by Gasteiger charge is -1.86. The third-order valence-corrected chi connectivity index (χ3v) is 2.05. The number of hydrogen-bond acceptors (Lipinski definition) is 3. The van der Waals surface area contributed by atoms with Crippen LogP contribution in [-0.2, 0) is 0 Å². The van der Waals surface area contributed by atoms with Gasteiger partial charge >= 0.3 is 0 Å². The molecule has 0 saturated carbocycles. The Kier molecular flexibility index (Phi) is 1.07. The van der Waals surface area contributed by atoms with Gasteiger partial charge in [-0.1, -0.05) is 0 Å². The number of imidazole rings is 1. The van der Waals surface area contributed by atoms with E-state index in [1.165, 1.54) is 6.39 Å². The predicted molar refractivity (Wildman–Crippen MR) is 48.4 cm³/mol. The smallest absolute Gasteiger partial charge is 0.181 e. The first-order chi connectivity index (χ1) is 6.33. The molecule has 0 saturated heterocycles. The average molecular weight is 173 g/mol. The maximum atomic E-state index is 5.17. The van der Waals surface area contributed by atoms with Crippen molar-refractivity contribution in [2.75, 3.05) is 0 Å². The fourth-order valence-corrected chi connectivity index (χ4v) is 1.49. The van der Waals surface area contributed by atoms with Gasteiger partial charge in [0.25, 0.3) is 0 Å². The van der Waals surface area contributed by atoms with Crippen LogP contribution in [0.1, 0.15) is 5.82 Å². The van der Waals surface area contributed by atoms with E-state index in [9.17, 15) is 0 Å². The molecule has 13 heavy (non-hydrogen) atoms. The molecule has 1 aromatic carbocycles. The number of hydrogen-bond donors (Lipinski definition) is 1. The highest BCUT2D eigenvalue weighted by atomic mass is 16.3. The Bertz CT molecular complexity index is 531. The standard InChI is InChI=1S/C9H7N3O/c1-5-11-6-2-8-9(13-4-10-8)3-7(6)12-5/h2-4H,1H3,(H,11,12). The molecule has 2 aromatic heterocycles. The van der Waals surface area contributed by atoms with Crippen LogP contribution in [0.25, 0.3) is 22.1 Å². The van der Waals surface area contributed by atoms with E-state index >= 15 is 0 Å². The zero-order valence-electron chi connectivity index (χ0n) is 7.03. The zero-order chi connectivity index (χ0) is 8.84. The van der Waals surface area contributed by atoms with Gasteiger partial charge in [0.15, 0.2) is 12.0 Å². The fourth-order valence-electron chi connectivity index (χ4n) is 1.49. The van der Waals surface area contributed by atoms with Crippen LogP contribution in [0.3, 0.4) is 0 Å². The number of H-pyrrole nitrogens is 1. The quantitative estimate of drug-likeness (QED) is 0.565. The van der Waals surface area contributed by atoms with E-state index in [1.807, 2.05) is 19.1 Å². The number of benzene rings is 1. The second kappa shape index (κ2) is 2.10. The maximum absolute atomic E-state index is 5.17. The highest BCUT2D eigenvalue weighted by Crippen LogP contribution is 2.19. The van der Waals surface area contributed by atoms with E-state index in [4.69, 9.17) is 4.42 Å². The monoisotopic (exact) mass is 173 g/mol. The van der Waals surface area contributed by atoms with Crippen LogP contribution in [0.5, 0.6) is 0 Å². The summed E-state index contributed by atoms with van der Waals surface area (Å²) in [5, 5.41) is 0. The summed E-state index contributed by atoms with van der Waals surface area (Å²) in [6.45, 7) is 1.93. The summed E-state index contributed by atoms with van der Waals surface area (Å²) in [6, 6.07) is 3.83. The Morgan fingerprint density at radius 3 is 3.15 bits per heavy atom. The summed E-state index contributed by atoms with van der Waals surface area (Å²) < 4.78 is 5.17. The zero-order valence-corrected chi connectivity index (χ0v) is 7.03. The van der Waals surface area contributed by atoms with Crippen molar-refractivity contribution < 1.29 is 4.42 Å². The minimum atomic E-state index is 0.777. The molecule has 0 aliphatic carbocycles. The molecule has 0 aliphatic heterocycles. The number of aryl methyl sites for hydroxylation is 1. The molecule has 1 N–H and O–H groups in total. The van der Waals surface area contributed by atoms with Crippen LogP contribution in [0, 0.1) is 6.92 Å². The first-order valence-electron chi connectivity index (χ1n) is 4.02. The highest BCUT2D eigenvalue weighted by Gasteiger charge is 2.04. The second-order valence-electron chi connectivity index (χ2n) is 3.01. The summed E-state index contributed by atoms with van der Waals surface area (Å²) >= 11 is 0. The Labute approximate surface area is 73.6 Å². The van der Waals surface area contributed by atoms with Gasteiger partial charge in [-0.05, 0) is 13.0 Å². The minimum absolute atomic E-state index is 0.777. The van der Waals surface area contributed by atoms with Crippen molar-refractivity contribution in [3.05, 3.63) is 24.4 Å². The van der Waals surface area contributed by atoms with Gasteiger partial charge in [0.1, 0.15) is 11.3 Å². The van der Waals surface area contributed by atoms with Crippen molar-refractivity contribution in [3.63, 3.8) is 0 Å². The van der Waals surface area contributed by atoms with Gasteiger partial charge in [-0.2, -0.15) is 0 Å². The number of oxazole rings is 1. The molecule has 64 valence electrons. The molecular weight excluding hydrogens is 166 g/mol. The van der Waals surface area contributed by atoms with Crippen molar-refractivity contribution in [2.45, 2.75) is 6.92 Å². The lowest BCUT2D eigenvalue weighted by molar-refractivity contribution is 0.602. The van der Waals surface area contributed by atoms with Gasteiger partial charge < -0.3 is 9.40 Å². The number of nitrogens with one attached hydrogen (secondary N) is 1. The number of rotatable bonds is 0. The fraction of sp³-hybridized carbons (Fsp3) is 0.111. The third-order valence-electron chi connectivity index (χ3n) is 2.05. The molecule has 0 atom stereocenters. The van der Waals surface area contributed by atoms with E-state index in [1.54, 1.807) is 0 Å². The van der Waals surface area contributed by atoms with Crippen LogP contribution in [0.4, 0.5) is 0 Å². The van der Waals surface area contributed by atoms with Crippen molar-refractivity contribution in [2.24, 2.45) is 0 Å². The Morgan fingerprint density at radius 1 is 1.31 bits per heavy atom. The number of fused-ring (bicyclic) bond motifs is 2. The molecule has 4 heteroatoms. The van der Waals surface area contributed by atoms with Crippen LogP contribution in [-0.4, -0.2) is 15.0 Å². The van der Waals surface area contributed by atoms with Crippen molar-refractivity contribution in [1.82, 2.24) is 15.0 Å². The molecule has 0 fully saturated rings. The predicted octanol–water partition coefficient (Wildman–Crippen LogP) is 2.01. The van der Waals surface area contributed by atoms with Crippen molar-refractivity contribution in [1.29, 1.82) is 0 Å². The van der Waals surface area contributed by atoms with Crippen LogP contribution in [0.2, 0.25) is 0 Å².